The molecular formula is C19H20N6O3. The molecule has 3 aromatic heterocycles. The molecule has 0 bridgehead atoms. The Balaban J connectivity index is 1.72. The molecule has 0 unspecified atom stereocenters. The fraction of sp³-hybridized carbons (Fsp3) is 0.316. The zero-order valence-corrected chi connectivity index (χ0v) is 16.1. The molecule has 0 spiro atoms. The van der Waals surface area contributed by atoms with E-state index in [-0.39, 0.29) is 5.91 Å². The Morgan fingerprint density at radius 3 is 2.68 bits per heavy atom. The fourth-order valence-corrected chi connectivity index (χ4v) is 3.27. The summed E-state index contributed by atoms with van der Waals surface area (Å²) >= 11 is 0. The van der Waals surface area contributed by atoms with Gasteiger partial charge in [-0.1, -0.05) is 0 Å². The molecule has 0 aromatic carbocycles. The van der Waals surface area contributed by atoms with Gasteiger partial charge in [0.2, 0.25) is 0 Å². The van der Waals surface area contributed by atoms with Crippen molar-refractivity contribution in [1.29, 1.82) is 0 Å². The molecule has 9 heteroatoms. The Hall–Kier alpha value is -3.49. The maximum absolute atomic E-state index is 12.9. The summed E-state index contributed by atoms with van der Waals surface area (Å²) in [7, 11) is 3.10. The van der Waals surface area contributed by atoms with Crippen molar-refractivity contribution in [3.8, 4) is 22.9 Å². The number of aromatic nitrogens is 5. The van der Waals surface area contributed by atoms with Gasteiger partial charge in [0, 0.05) is 11.8 Å². The number of rotatable bonds is 5. The molecule has 1 amide bonds. The number of anilines is 1. The third-order valence-electron chi connectivity index (χ3n) is 4.67. The number of amides is 1. The summed E-state index contributed by atoms with van der Waals surface area (Å²) in [6.45, 7) is 4.84. The van der Waals surface area contributed by atoms with Crippen molar-refractivity contribution in [3.63, 3.8) is 0 Å². The lowest BCUT2D eigenvalue weighted by Gasteiger charge is -2.10. The van der Waals surface area contributed by atoms with Crippen LogP contribution in [-0.4, -0.2) is 45.1 Å². The van der Waals surface area contributed by atoms with E-state index in [0.717, 1.165) is 16.8 Å². The Morgan fingerprint density at radius 1 is 1.18 bits per heavy atom. The molecule has 1 aliphatic rings. The van der Waals surface area contributed by atoms with Crippen LogP contribution in [0.5, 0.6) is 11.6 Å². The molecule has 4 heterocycles. The molecule has 0 fully saturated rings. The summed E-state index contributed by atoms with van der Waals surface area (Å²) in [6.07, 6.45) is 3.28. The molecule has 0 N–H and O–H groups in total. The lowest BCUT2D eigenvalue weighted by atomic mass is 10.1. The van der Waals surface area contributed by atoms with Gasteiger partial charge in [0.25, 0.3) is 11.8 Å². The van der Waals surface area contributed by atoms with Crippen LogP contribution in [0.4, 0.5) is 5.82 Å². The van der Waals surface area contributed by atoms with E-state index in [1.807, 2.05) is 26.0 Å². The van der Waals surface area contributed by atoms with E-state index in [0.29, 0.717) is 41.8 Å². The minimum absolute atomic E-state index is 0.111. The smallest absolute Gasteiger partial charge is 0.262 e. The average molecular weight is 380 g/mol. The second-order valence-corrected chi connectivity index (χ2v) is 6.36. The Labute approximate surface area is 161 Å². The van der Waals surface area contributed by atoms with Crippen LogP contribution in [0.3, 0.4) is 0 Å². The maximum atomic E-state index is 12.9. The van der Waals surface area contributed by atoms with Gasteiger partial charge >= 0.3 is 0 Å². The van der Waals surface area contributed by atoms with E-state index in [9.17, 15) is 4.79 Å². The van der Waals surface area contributed by atoms with Gasteiger partial charge in [-0.25, -0.2) is 4.98 Å². The van der Waals surface area contributed by atoms with E-state index in [1.165, 1.54) is 7.11 Å². The van der Waals surface area contributed by atoms with Gasteiger partial charge in [0.1, 0.15) is 0 Å². The molecule has 4 rings (SSSR count). The predicted molar refractivity (Wildman–Crippen MR) is 102 cm³/mol. The Kier molecular flexibility index (Phi) is 4.42. The number of hydrogen-bond donors (Lipinski definition) is 0. The second kappa shape index (κ2) is 6.91. The van der Waals surface area contributed by atoms with Gasteiger partial charge < -0.3 is 9.47 Å². The van der Waals surface area contributed by atoms with E-state index in [1.54, 1.807) is 29.2 Å². The second-order valence-electron chi connectivity index (χ2n) is 6.36. The standard InChI is InChI=1S/C19H20N6O3/c1-5-25-21-9-16(23-25)24-10-14-17(19(24)26)11(2)6-13(22-14)12-7-15(27-3)18(28-4)20-8-12/h6-9H,5,10H2,1-4H3. The number of carbonyl (C=O) groups is 1. The normalized spacial score (nSPS) is 13.0. The lowest BCUT2D eigenvalue weighted by Crippen LogP contribution is -2.24. The third-order valence-corrected chi connectivity index (χ3v) is 4.67. The highest BCUT2D eigenvalue weighted by Gasteiger charge is 2.33. The summed E-state index contributed by atoms with van der Waals surface area (Å²) in [4.78, 5) is 25.0. The Bertz CT molecular complexity index is 1060. The van der Waals surface area contributed by atoms with E-state index < -0.39 is 0 Å². The molecule has 0 aliphatic carbocycles. The van der Waals surface area contributed by atoms with Gasteiger partial charge in [-0.15, -0.1) is 5.10 Å². The van der Waals surface area contributed by atoms with Gasteiger partial charge in [0.15, 0.2) is 11.6 Å². The van der Waals surface area contributed by atoms with Crippen LogP contribution < -0.4 is 14.4 Å². The lowest BCUT2D eigenvalue weighted by molar-refractivity contribution is 0.0995. The molecule has 144 valence electrons. The van der Waals surface area contributed by atoms with E-state index in [2.05, 4.69) is 15.2 Å². The molecule has 28 heavy (non-hydrogen) atoms. The molecule has 0 saturated heterocycles. The first-order chi connectivity index (χ1) is 13.5. The quantitative estimate of drug-likeness (QED) is 0.670. The molecule has 9 nitrogen and oxygen atoms in total. The molecule has 0 atom stereocenters. The van der Waals surface area contributed by atoms with Crippen molar-refractivity contribution < 1.29 is 14.3 Å². The summed E-state index contributed by atoms with van der Waals surface area (Å²) in [5, 5.41) is 8.50. The van der Waals surface area contributed by atoms with Gasteiger partial charge in [-0.3, -0.25) is 14.7 Å². The molecule has 0 radical (unpaired) electrons. The number of pyridine rings is 2. The Morgan fingerprint density at radius 2 is 2.00 bits per heavy atom. The summed E-state index contributed by atoms with van der Waals surface area (Å²) in [6, 6.07) is 3.70. The van der Waals surface area contributed by atoms with Crippen molar-refractivity contribution in [3.05, 3.63) is 41.3 Å². The third kappa shape index (κ3) is 2.84. The molecule has 3 aromatic rings. The fourth-order valence-electron chi connectivity index (χ4n) is 3.27. The monoisotopic (exact) mass is 380 g/mol. The topological polar surface area (TPSA) is 95.3 Å². The van der Waals surface area contributed by atoms with E-state index >= 15 is 0 Å². The van der Waals surface area contributed by atoms with Crippen molar-refractivity contribution >= 4 is 11.7 Å². The highest BCUT2D eigenvalue weighted by Crippen LogP contribution is 2.33. The maximum Gasteiger partial charge on any atom is 0.262 e. The molecular weight excluding hydrogens is 360 g/mol. The van der Waals surface area contributed by atoms with Crippen LogP contribution >= 0.6 is 0 Å². The van der Waals surface area contributed by atoms with Crippen LogP contribution in [-0.2, 0) is 13.1 Å². The number of hydrogen-bond acceptors (Lipinski definition) is 7. The SMILES string of the molecule is CCn1ncc(N2Cc3nc(-c4cnc(OC)c(OC)c4)cc(C)c3C2=O)n1. The van der Waals surface area contributed by atoms with Gasteiger partial charge in [-0.2, -0.15) is 9.90 Å². The van der Waals surface area contributed by atoms with Gasteiger partial charge in [0.05, 0.1) is 50.5 Å². The van der Waals surface area contributed by atoms with Crippen LogP contribution in [0, 0.1) is 6.92 Å². The predicted octanol–water partition coefficient (Wildman–Crippen LogP) is 2.24. The number of fused-ring (bicyclic) bond motifs is 1. The highest BCUT2D eigenvalue weighted by molar-refractivity contribution is 6.10. The molecule has 1 aliphatic heterocycles. The van der Waals surface area contributed by atoms with Crippen LogP contribution in [0.15, 0.2) is 24.5 Å². The van der Waals surface area contributed by atoms with Crippen LogP contribution in [0.2, 0.25) is 0 Å². The number of carbonyl (C=O) groups excluding carboxylic acids is 1. The summed E-state index contributed by atoms with van der Waals surface area (Å²) < 4.78 is 10.5. The first kappa shape index (κ1) is 17.9. The highest BCUT2D eigenvalue weighted by atomic mass is 16.5. The number of methoxy groups -OCH3 is 2. The number of aryl methyl sites for hydroxylation is 2. The first-order valence-corrected chi connectivity index (χ1v) is 8.86. The van der Waals surface area contributed by atoms with Crippen LogP contribution in [0.1, 0.15) is 28.5 Å². The van der Waals surface area contributed by atoms with Gasteiger partial charge in [-0.05, 0) is 31.5 Å². The zero-order valence-electron chi connectivity index (χ0n) is 16.1. The zero-order chi connectivity index (χ0) is 19.8. The van der Waals surface area contributed by atoms with Crippen molar-refractivity contribution in [2.75, 3.05) is 19.1 Å². The number of ether oxygens (including phenoxy) is 2. The van der Waals surface area contributed by atoms with Crippen LogP contribution in [0.25, 0.3) is 11.3 Å². The summed E-state index contributed by atoms with van der Waals surface area (Å²) in [5.41, 5.74) is 3.68. The largest absolute Gasteiger partial charge is 0.491 e. The first-order valence-electron chi connectivity index (χ1n) is 8.86. The van der Waals surface area contributed by atoms with Crippen molar-refractivity contribution in [1.82, 2.24) is 25.0 Å². The molecule has 0 saturated carbocycles. The van der Waals surface area contributed by atoms with Crippen molar-refractivity contribution in [2.45, 2.75) is 26.9 Å². The van der Waals surface area contributed by atoms with E-state index in [4.69, 9.17) is 14.5 Å². The average Bonchev–Trinajstić information content (AvgIpc) is 3.31. The van der Waals surface area contributed by atoms with Crippen molar-refractivity contribution in [2.24, 2.45) is 0 Å². The summed E-state index contributed by atoms with van der Waals surface area (Å²) in [5.74, 6) is 1.34. The minimum Gasteiger partial charge on any atom is -0.491 e. The number of nitrogens with zero attached hydrogens (tertiary/aromatic N) is 6. The minimum atomic E-state index is -0.111.